The first-order valence-corrected chi connectivity index (χ1v) is 10.9. The highest BCUT2D eigenvalue weighted by molar-refractivity contribution is 8.00. The van der Waals surface area contributed by atoms with Crippen molar-refractivity contribution in [2.45, 2.75) is 50.9 Å². The molecule has 2 N–H and O–H groups in total. The van der Waals surface area contributed by atoms with Crippen molar-refractivity contribution in [3.05, 3.63) is 0 Å². The Morgan fingerprint density at radius 2 is 2.00 bits per heavy atom. The second-order valence-electron chi connectivity index (χ2n) is 7.84. The van der Waals surface area contributed by atoms with Gasteiger partial charge in [0.25, 0.3) is 0 Å². The summed E-state index contributed by atoms with van der Waals surface area (Å²) in [6, 6.07) is 0. The van der Waals surface area contributed by atoms with Crippen LogP contribution in [0.2, 0.25) is 0 Å². The highest BCUT2D eigenvalue weighted by atomic mass is 32.2. The number of rotatable bonds is 3. The minimum atomic E-state index is -3.08. The maximum Gasteiger partial charge on any atom is 0.164 e. The summed E-state index contributed by atoms with van der Waals surface area (Å²) in [7, 11) is -3.08. The summed E-state index contributed by atoms with van der Waals surface area (Å²) in [5.41, 5.74) is 6.28. The van der Waals surface area contributed by atoms with Gasteiger partial charge in [0.2, 0.25) is 0 Å². The van der Waals surface area contributed by atoms with E-state index in [2.05, 4.69) is 25.7 Å². The Morgan fingerprint density at radius 3 is 2.52 bits per heavy atom. The first-order valence-electron chi connectivity index (χ1n) is 7.83. The van der Waals surface area contributed by atoms with Gasteiger partial charge in [0.15, 0.2) is 9.84 Å². The molecule has 1 heterocycles. The lowest BCUT2D eigenvalue weighted by Crippen LogP contribution is -2.65. The molecule has 0 bridgehead atoms. The monoisotopic (exact) mass is 334 g/mol. The van der Waals surface area contributed by atoms with Crippen molar-refractivity contribution in [2.24, 2.45) is 17.1 Å². The number of nitrogens with two attached hydrogens (primary N) is 1. The van der Waals surface area contributed by atoms with E-state index in [0.717, 1.165) is 25.1 Å². The third-order valence-corrected chi connectivity index (χ3v) is 7.65. The van der Waals surface area contributed by atoms with E-state index in [-0.39, 0.29) is 16.3 Å². The van der Waals surface area contributed by atoms with Gasteiger partial charge in [-0.2, -0.15) is 11.8 Å². The van der Waals surface area contributed by atoms with E-state index in [4.69, 9.17) is 5.73 Å². The van der Waals surface area contributed by atoms with Crippen molar-refractivity contribution in [1.29, 1.82) is 0 Å². The van der Waals surface area contributed by atoms with Gasteiger partial charge in [-0.1, -0.05) is 20.8 Å². The largest absolute Gasteiger partial charge is 0.329 e. The molecule has 0 aromatic heterocycles. The number of nitrogens with zero attached hydrogens (tertiary/aromatic N) is 1. The zero-order valence-electron chi connectivity index (χ0n) is 13.8. The molecule has 1 aliphatic heterocycles. The summed E-state index contributed by atoms with van der Waals surface area (Å²) in [5.74, 6) is 2.27. The standard InChI is InChI=1S/C15H30N2O2S2/c1-12-7-14(2,3)10-15(8-12,11-16)17-5-6-20-9-13(17)21(4,18)19/h12-13H,5-11,16H2,1-4H3. The van der Waals surface area contributed by atoms with Gasteiger partial charge in [-0.3, -0.25) is 4.90 Å². The Bertz CT molecular complexity index is 478. The van der Waals surface area contributed by atoms with Crippen LogP contribution in [0.1, 0.15) is 40.0 Å². The Balaban J connectivity index is 2.37. The molecule has 0 spiro atoms. The molecule has 0 aromatic carbocycles. The maximum atomic E-state index is 12.2. The molecule has 0 aromatic rings. The molecule has 4 nitrogen and oxygen atoms in total. The second kappa shape index (κ2) is 6.02. The predicted molar refractivity (Wildman–Crippen MR) is 91.2 cm³/mol. The topological polar surface area (TPSA) is 63.4 Å². The van der Waals surface area contributed by atoms with E-state index in [9.17, 15) is 8.42 Å². The van der Waals surface area contributed by atoms with Gasteiger partial charge in [-0.15, -0.1) is 0 Å². The lowest BCUT2D eigenvalue weighted by atomic mass is 9.63. The fraction of sp³-hybridized carbons (Fsp3) is 1.00. The van der Waals surface area contributed by atoms with Gasteiger partial charge < -0.3 is 5.73 Å². The van der Waals surface area contributed by atoms with Gasteiger partial charge >= 0.3 is 0 Å². The third-order valence-electron chi connectivity index (χ3n) is 5.01. The Hall–Kier alpha value is 0.220. The molecule has 21 heavy (non-hydrogen) atoms. The SMILES string of the molecule is CC1CC(C)(C)CC(CN)(N2CCSCC2S(C)(=O)=O)C1. The number of hydrogen-bond acceptors (Lipinski definition) is 5. The molecule has 124 valence electrons. The summed E-state index contributed by atoms with van der Waals surface area (Å²) < 4.78 is 24.5. The van der Waals surface area contributed by atoms with Crippen LogP contribution in [-0.4, -0.2) is 55.1 Å². The summed E-state index contributed by atoms with van der Waals surface area (Å²) in [5, 5.41) is -0.374. The first-order chi connectivity index (χ1) is 9.60. The van der Waals surface area contributed by atoms with Crippen LogP contribution in [0.4, 0.5) is 0 Å². The highest BCUT2D eigenvalue weighted by Gasteiger charge is 2.50. The van der Waals surface area contributed by atoms with Gasteiger partial charge in [-0.25, -0.2) is 8.42 Å². The number of thioether (sulfide) groups is 1. The number of hydrogen-bond donors (Lipinski definition) is 1. The molecule has 3 unspecified atom stereocenters. The predicted octanol–water partition coefficient (Wildman–Crippen LogP) is 1.95. The van der Waals surface area contributed by atoms with Crippen LogP contribution in [0.3, 0.4) is 0 Å². The minimum absolute atomic E-state index is 0.157. The van der Waals surface area contributed by atoms with E-state index in [1.54, 1.807) is 11.8 Å². The van der Waals surface area contributed by atoms with Crippen molar-refractivity contribution in [3.8, 4) is 0 Å². The van der Waals surface area contributed by atoms with E-state index >= 15 is 0 Å². The van der Waals surface area contributed by atoms with Crippen LogP contribution in [0, 0.1) is 11.3 Å². The smallest absolute Gasteiger partial charge is 0.164 e. The Kier molecular flexibility index (Phi) is 5.04. The van der Waals surface area contributed by atoms with Gasteiger partial charge in [0.1, 0.15) is 5.37 Å². The average molecular weight is 335 g/mol. The molecule has 0 amide bonds. The fourth-order valence-corrected chi connectivity index (χ4v) is 7.61. The lowest BCUT2D eigenvalue weighted by molar-refractivity contribution is -0.0143. The van der Waals surface area contributed by atoms with Crippen LogP contribution >= 0.6 is 11.8 Å². The summed E-state index contributed by atoms with van der Waals surface area (Å²) in [6.45, 7) is 8.25. The zero-order chi connectivity index (χ0) is 15.9. The van der Waals surface area contributed by atoms with Gasteiger partial charge in [-0.05, 0) is 30.6 Å². The van der Waals surface area contributed by atoms with Crippen LogP contribution in [-0.2, 0) is 9.84 Å². The van der Waals surface area contributed by atoms with Crippen LogP contribution in [0.5, 0.6) is 0 Å². The van der Waals surface area contributed by atoms with Crippen LogP contribution in [0.15, 0.2) is 0 Å². The maximum absolute atomic E-state index is 12.2. The van der Waals surface area contributed by atoms with Crippen LogP contribution < -0.4 is 5.73 Å². The third kappa shape index (κ3) is 3.77. The quantitative estimate of drug-likeness (QED) is 0.855. The average Bonchev–Trinajstić information content (AvgIpc) is 2.35. The van der Waals surface area contributed by atoms with Gasteiger partial charge in [0, 0.05) is 36.4 Å². The minimum Gasteiger partial charge on any atom is -0.329 e. The van der Waals surface area contributed by atoms with E-state index in [1.807, 2.05) is 0 Å². The summed E-state index contributed by atoms with van der Waals surface area (Å²) in [4.78, 5) is 2.25. The van der Waals surface area contributed by atoms with Crippen molar-refractivity contribution in [3.63, 3.8) is 0 Å². The Labute approximate surface area is 134 Å². The van der Waals surface area contributed by atoms with Gasteiger partial charge in [0.05, 0.1) is 0 Å². The molecule has 2 fully saturated rings. The lowest BCUT2D eigenvalue weighted by Gasteiger charge is -2.55. The van der Waals surface area contributed by atoms with Crippen molar-refractivity contribution < 1.29 is 8.42 Å². The normalized spacial score (nSPS) is 38.3. The summed E-state index contributed by atoms with van der Waals surface area (Å²) in [6.07, 6.45) is 4.58. The number of sulfone groups is 1. The molecular formula is C15H30N2O2S2. The van der Waals surface area contributed by atoms with Crippen LogP contribution in [0.25, 0.3) is 0 Å². The van der Waals surface area contributed by atoms with Crippen molar-refractivity contribution in [2.75, 3.05) is 30.9 Å². The van der Waals surface area contributed by atoms with E-state index in [1.165, 1.54) is 12.7 Å². The molecule has 6 heteroatoms. The second-order valence-corrected chi connectivity index (χ2v) is 11.2. The highest BCUT2D eigenvalue weighted by Crippen LogP contribution is 2.47. The molecule has 1 saturated heterocycles. The zero-order valence-corrected chi connectivity index (χ0v) is 15.4. The molecule has 1 aliphatic carbocycles. The summed E-state index contributed by atoms with van der Waals surface area (Å²) >= 11 is 1.75. The van der Waals surface area contributed by atoms with E-state index in [0.29, 0.717) is 18.2 Å². The van der Waals surface area contributed by atoms with Crippen molar-refractivity contribution >= 4 is 21.6 Å². The molecule has 2 rings (SSSR count). The molecule has 1 saturated carbocycles. The molecular weight excluding hydrogens is 304 g/mol. The Morgan fingerprint density at radius 1 is 1.33 bits per heavy atom. The molecule has 2 aliphatic rings. The molecule has 3 atom stereocenters. The van der Waals surface area contributed by atoms with E-state index < -0.39 is 9.84 Å². The molecule has 0 radical (unpaired) electrons. The first kappa shape index (κ1) is 17.6. The van der Waals surface area contributed by atoms with Crippen molar-refractivity contribution in [1.82, 2.24) is 4.90 Å². The fourth-order valence-electron chi connectivity index (χ4n) is 4.67.